The molecular formula is C19H27NO. The van der Waals surface area contributed by atoms with Crippen molar-refractivity contribution in [3.63, 3.8) is 0 Å². The molecule has 2 nitrogen and oxygen atoms in total. The van der Waals surface area contributed by atoms with Crippen LogP contribution in [0.1, 0.15) is 50.5 Å². The Balaban J connectivity index is 1.70. The van der Waals surface area contributed by atoms with Crippen LogP contribution in [0.4, 0.5) is 0 Å². The van der Waals surface area contributed by atoms with Crippen molar-refractivity contribution in [1.29, 1.82) is 0 Å². The Labute approximate surface area is 128 Å². The van der Waals surface area contributed by atoms with Crippen molar-refractivity contribution in [2.75, 3.05) is 13.1 Å². The topological polar surface area (TPSA) is 23.5 Å². The highest BCUT2D eigenvalue weighted by Crippen LogP contribution is 2.54. The van der Waals surface area contributed by atoms with Crippen molar-refractivity contribution in [3.05, 3.63) is 35.9 Å². The fourth-order valence-corrected chi connectivity index (χ4v) is 5.42. The van der Waals surface area contributed by atoms with Gasteiger partial charge in [-0.1, -0.05) is 36.8 Å². The number of hydrogen-bond donors (Lipinski definition) is 1. The predicted molar refractivity (Wildman–Crippen MR) is 85.0 cm³/mol. The molecule has 114 valence electrons. The lowest BCUT2D eigenvalue weighted by Gasteiger charge is -2.55. The summed E-state index contributed by atoms with van der Waals surface area (Å²) in [4.78, 5) is 2.68. The van der Waals surface area contributed by atoms with Gasteiger partial charge in [0.15, 0.2) is 0 Å². The molecule has 3 fully saturated rings. The fraction of sp³-hybridized carbons (Fsp3) is 0.684. The highest BCUT2D eigenvalue weighted by atomic mass is 16.3. The van der Waals surface area contributed by atoms with Crippen molar-refractivity contribution in [1.82, 2.24) is 4.90 Å². The van der Waals surface area contributed by atoms with Gasteiger partial charge in [-0.2, -0.15) is 0 Å². The van der Waals surface area contributed by atoms with Crippen LogP contribution in [0, 0.1) is 11.8 Å². The quantitative estimate of drug-likeness (QED) is 0.898. The van der Waals surface area contributed by atoms with E-state index in [4.69, 9.17) is 0 Å². The monoisotopic (exact) mass is 285 g/mol. The van der Waals surface area contributed by atoms with Gasteiger partial charge in [0.05, 0.1) is 5.60 Å². The van der Waals surface area contributed by atoms with Crippen molar-refractivity contribution in [2.45, 2.75) is 56.6 Å². The summed E-state index contributed by atoms with van der Waals surface area (Å²) in [7, 11) is 0. The minimum absolute atomic E-state index is 0.436. The van der Waals surface area contributed by atoms with E-state index in [-0.39, 0.29) is 0 Å². The molecule has 3 aliphatic rings. The van der Waals surface area contributed by atoms with Gasteiger partial charge in [-0.25, -0.2) is 0 Å². The summed E-state index contributed by atoms with van der Waals surface area (Å²) < 4.78 is 0. The lowest BCUT2D eigenvalue weighted by atomic mass is 9.57. The van der Waals surface area contributed by atoms with Crippen molar-refractivity contribution in [2.24, 2.45) is 11.8 Å². The minimum atomic E-state index is -0.578. The van der Waals surface area contributed by atoms with E-state index in [1.54, 1.807) is 0 Å². The summed E-state index contributed by atoms with van der Waals surface area (Å²) in [6.45, 7) is 2.49. The average Bonchev–Trinajstić information content (AvgIpc) is 3.02. The molecule has 2 saturated carbocycles. The van der Waals surface area contributed by atoms with E-state index in [9.17, 15) is 5.11 Å². The molecule has 1 heterocycles. The second-order valence-corrected chi connectivity index (χ2v) is 7.31. The third-order valence-electron chi connectivity index (χ3n) is 6.38. The number of hydrogen-bond acceptors (Lipinski definition) is 2. The summed E-state index contributed by atoms with van der Waals surface area (Å²) >= 11 is 0. The summed E-state index contributed by atoms with van der Waals surface area (Å²) in [5.74, 6) is 0.906. The fourth-order valence-electron chi connectivity index (χ4n) is 5.42. The van der Waals surface area contributed by atoms with E-state index in [1.807, 2.05) is 0 Å². The predicted octanol–water partition coefficient (Wildman–Crippen LogP) is 3.55. The van der Waals surface area contributed by atoms with Crippen molar-refractivity contribution in [3.8, 4) is 0 Å². The van der Waals surface area contributed by atoms with Crippen LogP contribution in [0.2, 0.25) is 0 Å². The van der Waals surface area contributed by atoms with Gasteiger partial charge in [-0.05, 0) is 63.1 Å². The van der Waals surface area contributed by atoms with Crippen molar-refractivity contribution < 1.29 is 5.11 Å². The summed E-state index contributed by atoms with van der Waals surface area (Å²) in [6.07, 6.45) is 8.88. The summed E-state index contributed by atoms with van der Waals surface area (Å²) in [5.41, 5.74) is 0.592. The Morgan fingerprint density at radius 2 is 1.67 bits per heavy atom. The van der Waals surface area contributed by atoms with Gasteiger partial charge < -0.3 is 5.11 Å². The Kier molecular flexibility index (Phi) is 3.55. The standard InChI is InChI=1S/C19H27NO/c21-19(15-7-2-1-3-8-15)16-9-6-10-17(19)18(12-11-16)20-13-4-5-14-20/h1-3,7-8,16-18,21H,4-6,9-14H2. The van der Waals surface area contributed by atoms with E-state index >= 15 is 0 Å². The van der Waals surface area contributed by atoms with Gasteiger partial charge in [0.2, 0.25) is 0 Å². The van der Waals surface area contributed by atoms with Gasteiger partial charge in [-0.3, -0.25) is 4.90 Å². The number of fused-ring (bicyclic) bond motifs is 2. The number of nitrogens with zero attached hydrogens (tertiary/aromatic N) is 1. The molecule has 0 amide bonds. The maximum atomic E-state index is 11.7. The maximum Gasteiger partial charge on any atom is 0.0967 e. The van der Waals surface area contributed by atoms with Crippen LogP contribution in [0.15, 0.2) is 30.3 Å². The van der Waals surface area contributed by atoms with E-state index in [0.717, 1.165) is 0 Å². The number of aliphatic hydroxyl groups is 1. The molecule has 2 heteroatoms. The third-order valence-corrected chi connectivity index (χ3v) is 6.38. The second kappa shape index (κ2) is 5.40. The summed E-state index contributed by atoms with van der Waals surface area (Å²) in [5, 5.41) is 11.7. The average molecular weight is 285 g/mol. The molecular weight excluding hydrogens is 258 g/mol. The molecule has 2 aliphatic carbocycles. The zero-order valence-electron chi connectivity index (χ0n) is 12.9. The van der Waals surface area contributed by atoms with Gasteiger partial charge in [0, 0.05) is 12.0 Å². The lowest BCUT2D eigenvalue weighted by Crippen LogP contribution is -2.57. The molecule has 4 atom stereocenters. The Hall–Kier alpha value is -0.860. The SMILES string of the molecule is OC1(c2ccccc2)C2CCCC1C(N1CCCC1)CC2. The Morgan fingerprint density at radius 1 is 0.905 bits per heavy atom. The van der Waals surface area contributed by atoms with Crippen LogP contribution in [-0.2, 0) is 5.60 Å². The zero-order chi connectivity index (χ0) is 14.3. The van der Waals surface area contributed by atoms with Gasteiger partial charge in [0.1, 0.15) is 0 Å². The normalized spacial score (nSPS) is 40.3. The molecule has 1 N–H and O–H groups in total. The van der Waals surface area contributed by atoms with Gasteiger partial charge >= 0.3 is 0 Å². The van der Waals surface area contributed by atoms with Crippen LogP contribution < -0.4 is 0 Å². The van der Waals surface area contributed by atoms with Crippen LogP contribution in [0.3, 0.4) is 0 Å². The first-order valence-electron chi connectivity index (χ1n) is 8.82. The molecule has 1 aliphatic heterocycles. The molecule has 1 aromatic carbocycles. The molecule has 2 bridgehead atoms. The Morgan fingerprint density at radius 3 is 2.43 bits per heavy atom. The lowest BCUT2D eigenvalue weighted by molar-refractivity contribution is -0.153. The van der Waals surface area contributed by atoms with Crippen LogP contribution >= 0.6 is 0 Å². The zero-order valence-corrected chi connectivity index (χ0v) is 12.9. The first kappa shape index (κ1) is 13.8. The van der Waals surface area contributed by atoms with Crippen LogP contribution in [-0.4, -0.2) is 29.1 Å². The molecule has 1 saturated heterocycles. The molecule has 0 spiro atoms. The van der Waals surface area contributed by atoms with Crippen LogP contribution in [0.25, 0.3) is 0 Å². The number of rotatable bonds is 2. The molecule has 21 heavy (non-hydrogen) atoms. The van der Waals surface area contributed by atoms with E-state index in [1.165, 1.54) is 63.6 Å². The van der Waals surface area contributed by atoms with E-state index < -0.39 is 5.60 Å². The van der Waals surface area contributed by atoms with E-state index in [2.05, 4.69) is 35.2 Å². The smallest absolute Gasteiger partial charge is 0.0967 e. The third kappa shape index (κ3) is 2.15. The molecule has 0 radical (unpaired) electrons. The van der Waals surface area contributed by atoms with Crippen molar-refractivity contribution >= 4 is 0 Å². The van der Waals surface area contributed by atoms with Gasteiger partial charge in [0.25, 0.3) is 0 Å². The number of likely N-dealkylation sites (tertiary alicyclic amines) is 1. The summed E-state index contributed by atoms with van der Waals surface area (Å²) in [6, 6.07) is 11.1. The van der Waals surface area contributed by atoms with Gasteiger partial charge in [-0.15, -0.1) is 0 Å². The first-order valence-corrected chi connectivity index (χ1v) is 8.82. The molecule has 0 aromatic heterocycles. The van der Waals surface area contributed by atoms with E-state index in [0.29, 0.717) is 17.9 Å². The largest absolute Gasteiger partial charge is 0.385 e. The first-order chi connectivity index (χ1) is 10.3. The molecule has 4 unspecified atom stereocenters. The highest BCUT2D eigenvalue weighted by Gasteiger charge is 2.54. The Bertz CT molecular complexity index is 482. The van der Waals surface area contributed by atoms with Crippen LogP contribution in [0.5, 0.6) is 0 Å². The maximum absolute atomic E-state index is 11.7. The molecule has 1 aromatic rings. The minimum Gasteiger partial charge on any atom is -0.385 e. The molecule has 4 rings (SSSR count). The second-order valence-electron chi connectivity index (χ2n) is 7.31. The number of benzene rings is 1. The highest BCUT2D eigenvalue weighted by molar-refractivity contribution is 5.27.